The molecule has 1 aromatic heterocycles. The number of anilines is 1. The third kappa shape index (κ3) is 3.72. The monoisotopic (exact) mass is 340 g/mol. The summed E-state index contributed by atoms with van der Waals surface area (Å²) in [5.41, 5.74) is 2.30. The lowest BCUT2D eigenvalue weighted by Crippen LogP contribution is -2.07. The molecule has 3 rings (SSSR count). The number of benzene rings is 2. The SMILES string of the molecule is COc1ccc(/C=C/C(=O)Nc2ccc3oc(=O)[nH]c3c2)cc1OC. The first-order chi connectivity index (χ1) is 12.1. The van der Waals surface area contributed by atoms with Gasteiger partial charge in [0.2, 0.25) is 5.91 Å². The van der Waals surface area contributed by atoms with E-state index < -0.39 is 5.76 Å². The molecule has 1 heterocycles. The number of aromatic nitrogens is 1. The summed E-state index contributed by atoms with van der Waals surface area (Å²) in [6, 6.07) is 10.2. The number of carbonyl (C=O) groups excluding carboxylic acids is 1. The van der Waals surface area contributed by atoms with Crippen molar-refractivity contribution >= 4 is 28.8 Å². The van der Waals surface area contributed by atoms with E-state index >= 15 is 0 Å². The zero-order chi connectivity index (χ0) is 17.8. The number of amides is 1. The van der Waals surface area contributed by atoms with Gasteiger partial charge in [-0.25, -0.2) is 4.79 Å². The van der Waals surface area contributed by atoms with Crippen molar-refractivity contribution in [3.8, 4) is 11.5 Å². The van der Waals surface area contributed by atoms with Crippen molar-refractivity contribution in [2.45, 2.75) is 0 Å². The Morgan fingerprint density at radius 3 is 2.68 bits per heavy atom. The van der Waals surface area contributed by atoms with Crippen LogP contribution in [0, 0.1) is 0 Å². The minimum atomic E-state index is -0.535. The van der Waals surface area contributed by atoms with Crippen LogP contribution in [0.2, 0.25) is 0 Å². The van der Waals surface area contributed by atoms with Crippen molar-refractivity contribution in [3.63, 3.8) is 0 Å². The highest BCUT2D eigenvalue weighted by molar-refractivity contribution is 6.02. The molecule has 25 heavy (non-hydrogen) atoms. The normalized spacial score (nSPS) is 11.0. The lowest BCUT2D eigenvalue weighted by molar-refractivity contribution is -0.111. The summed E-state index contributed by atoms with van der Waals surface area (Å²) >= 11 is 0. The predicted molar refractivity (Wildman–Crippen MR) is 94.0 cm³/mol. The van der Waals surface area contributed by atoms with Crippen molar-refractivity contribution in [3.05, 3.63) is 58.6 Å². The number of fused-ring (bicyclic) bond motifs is 1. The van der Waals surface area contributed by atoms with Crippen molar-refractivity contribution in [1.29, 1.82) is 0 Å². The maximum absolute atomic E-state index is 12.1. The summed E-state index contributed by atoms with van der Waals surface area (Å²) in [7, 11) is 3.11. The molecule has 0 radical (unpaired) electrons. The van der Waals surface area contributed by atoms with Gasteiger partial charge in [-0.2, -0.15) is 0 Å². The molecule has 0 saturated heterocycles. The van der Waals surface area contributed by atoms with Crippen molar-refractivity contribution < 1.29 is 18.7 Å². The number of oxazole rings is 1. The van der Waals surface area contributed by atoms with Crippen molar-refractivity contribution in [1.82, 2.24) is 4.98 Å². The topological polar surface area (TPSA) is 93.6 Å². The Balaban J connectivity index is 1.72. The van der Waals surface area contributed by atoms with Crippen LogP contribution >= 0.6 is 0 Å². The molecule has 7 nitrogen and oxygen atoms in total. The van der Waals surface area contributed by atoms with Crippen LogP contribution in [0.5, 0.6) is 11.5 Å². The Bertz CT molecular complexity index is 1000. The third-order valence-corrected chi connectivity index (χ3v) is 3.52. The van der Waals surface area contributed by atoms with E-state index in [9.17, 15) is 9.59 Å². The third-order valence-electron chi connectivity index (χ3n) is 3.52. The fraction of sp³-hybridized carbons (Fsp3) is 0.111. The highest BCUT2D eigenvalue weighted by atomic mass is 16.5. The molecule has 0 fully saturated rings. The van der Waals surface area contributed by atoms with Gasteiger partial charge < -0.3 is 19.2 Å². The van der Waals surface area contributed by atoms with Crippen LogP contribution < -0.4 is 20.5 Å². The molecule has 0 atom stereocenters. The van der Waals surface area contributed by atoms with Gasteiger partial charge in [-0.1, -0.05) is 6.07 Å². The second kappa shape index (κ2) is 6.96. The average Bonchev–Trinajstić information content (AvgIpc) is 2.99. The fourth-order valence-corrected chi connectivity index (χ4v) is 2.34. The average molecular weight is 340 g/mol. The maximum Gasteiger partial charge on any atom is 0.417 e. The summed E-state index contributed by atoms with van der Waals surface area (Å²) in [5, 5.41) is 2.72. The largest absolute Gasteiger partial charge is 0.493 e. The molecule has 0 saturated carbocycles. The lowest BCUT2D eigenvalue weighted by Gasteiger charge is -2.07. The van der Waals surface area contributed by atoms with Crippen LogP contribution in [0.15, 0.2) is 51.7 Å². The molecule has 0 unspecified atom stereocenters. The van der Waals surface area contributed by atoms with Crippen molar-refractivity contribution in [2.75, 3.05) is 19.5 Å². The Morgan fingerprint density at radius 1 is 1.12 bits per heavy atom. The first-order valence-electron chi connectivity index (χ1n) is 7.43. The molecular formula is C18H16N2O5. The minimum Gasteiger partial charge on any atom is -0.493 e. The molecule has 0 bridgehead atoms. The van der Waals surface area contributed by atoms with E-state index in [4.69, 9.17) is 13.9 Å². The van der Waals surface area contributed by atoms with Gasteiger partial charge in [0.15, 0.2) is 17.1 Å². The number of carbonyl (C=O) groups is 1. The molecule has 1 amide bonds. The quantitative estimate of drug-likeness (QED) is 0.697. The van der Waals surface area contributed by atoms with E-state index in [1.54, 1.807) is 50.6 Å². The Morgan fingerprint density at radius 2 is 1.92 bits per heavy atom. The zero-order valence-electron chi connectivity index (χ0n) is 13.7. The van der Waals surface area contributed by atoms with Gasteiger partial charge in [-0.15, -0.1) is 0 Å². The molecule has 0 spiro atoms. The molecule has 128 valence electrons. The van der Waals surface area contributed by atoms with Gasteiger partial charge in [0.25, 0.3) is 0 Å². The van der Waals surface area contributed by atoms with Crippen LogP contribution in [0.25, 0.3) is 17.2 Å². The molecule has 0 aliphatic rings. The Labute approximate surface area is 142 Å². The van der Waals surface area contributed by atoms with E-state index in [0.29, 0.717) is 28.3 Å². The first kappa shape index (κ1) is 16.4. The van der Waals surface area contributed by atoms with Gasteiger partial charge in [-0.05, 0) is 42.0 Å². The van der Waals surface area contributed by atoms with Crippen LogP contribution in [0.1, 0.15) is 5.56 Å². The summed E-state index contributed by atoms with van der Waals surface area (Å²) in [4.78, 5) is 25.7. The van der Waals surface area contributed by atoms with Gasteiger partial charge >= 0.3 is 5.76 Å². The standard InChI is InChI=1S/C18H16N2O5/c1-23-15-6-3-11(9-16(15)24-2)4-8-17(21)19-12-5-7-14-13(10-12)20-18(22)25-14/h3-10H,1-2H3,(H,19,21)(H,20,22)/b8-4+. The second-order valence-electron chi connectivity index (χ2n) is 5.16. The van der Waals surface area contributed by atoms with Gasteiger partial charge in [0, 0.05) is 11.8 Å². The molecule has 2 aromatic carbocycles. The van der Waals surface area contributed by atoms with E-state index in [-0.39, 0.29) is 5.91 Å². The second-order valence-corrected chi connectivity index (χ2v) is 5.16. The van der Waals surface area contributed by atoms with Crippen LogP contribution in [-0.4, -0.2) is 25.1 Å². The van der Waals surface area contributed by atoms with E-state index in [1.165, 1.54) is 6.08 Å². The summed E-state index contributed by atoms with van der Waals surface area (Å²) < 4.78 is 15.3. The molecule has 0 aliphatic carbocycles. The molecule has 0 aliphatic heterocycles. The number of nitrogens with one attached hydrogen (secondary N) is 2. The predicted octanol–water partition coefficient (Wildman–Crippen LogP) is 2.79. The number of hydrogen-bond acceptors (Lipinski definition) is 5. The molecule has 2 N–H and O–H groups in total. The van der Waals surface area contributed by atoms with Crippen LogP contribution in [-0.2, 0) is 4.79 Å². The maximum atomic E-state index is 12.1. The highest BCUT2D eigenvalue weighted by Gasteiger charge is 2.05. The summed E-state index contributed by atoms with van der Waals surface area (Å²) in [6.07, 6.45) is 3.07. The molecule has 7 heteroatoms. The highest BCUT2D eigenvalue weighted by Crippen LogP contribution is 2.28. The Kier molecular flexibility index (Phi) is 4.56. The first-order valence-corrected chi connectivity index (χ1v) is 7.43. The Hall–Kier alpha value is -3.48. The van der Waals surface area contributed by atoms with E-state index in [2.05, 4.69) is 10.3 Å². The molecular weight excluding hydrogens is 324 g/mol. The number of H-pyrrole nitrogens is 1. The number of ether oxygens (including phenoxy) is 2. The van der Waals surface area contributed by atoms with Gasteiger partial charge in [0.1, 0.15) is 0 Å². The summed E-state index contributed by atoms with van der Waals surface area (Å²) in [6.45, 7) is 0. The minimum absolute atomic E-state index is 0.306. The van der Waals surface area contributed by atoms with Gasteiger partial charge in [-0.3, -0.25) is 9.78 Å². The van der Waals surface area contributed by atoms with Crippen LogP contribution in [0.3, 0.4) is 0 Å². The van der Waals surface area contributed by atoms with Crippen molar-refractivity contribution in [2.24, 2.45) is 0 Å². The smallest absolute Gasteiger partial charge is 0.417 e. The molecule has 3 aromatic rings. The number of rotatable bonds is 5. The van der Waals surface area contributed by atoms with E-state index in [1.807, 2.05) is 6.07 Å². The summed E-state index contributed by atoms with van der Waals surface area (Å²) in [5.74, 6) is 0.359. The van der Waals surface area contributed by atoms with Crippen LogP contribution in [0.4, 0.5) is 5.69 Å². The number of aromatic amines is 1. The zero-order valence-corrected chi connectivity index (χ0v) is 13.7. The van der Waals surface area contributed by atoms with E-state index in [0.717, 1.165) is 5.56 Å². The number of hydrogen-bond donors (Lipinski definition) is 2. The lowest BCUT2D eigenvalue weighted by atomic mass is 10.2. The fourth-order valence-electron chi connectivity index (χ4n) is 2.34. The van der Waals surface area contributed by atoms with Gasteiger partial charge in [0.05, 0.1) is 19.7 Å². The number of methoxy groups -OCH3 is 2.